The van der Waals surface area contributed by atoms with E-state index in [-0.39, 0.29) is 11.6 Å². The van der Waals surface area contributed by atoms with Gasteiger partial charge in [0.2, 0.25) is 0 Å². The van der Waals surface area contributed by atoms with Gasteiger partial charge in [-0.15, -0.1) is 0 Å². The molecule has 2 aromatic heterocycles. The second-order valence-electron chi connectivity index (χ2n) is 5.98. The number of imidazole rings is 1. The minimum atomic E-state index is 0.00802. The van der Waals surface area contributed by atoms with E-state index in [4.69, 9.17) is 11.6 Å². The van der Waals surface area contributed by atoms with Crippen molar-refractivity contribution in [1.82, 2.24) is 19.1 Å². The molecule has 7 heteroatoms. The molecule has 0 saturated carbocycles. The maximum atomic E-state index is 13.1. The average molecular weight is 361 g/mol. The average Bonchev–Trinajstić information content (AvgIpc) is 3.11. The molecule has 1 unspecified atom stereocenters. The van der Waals surface area contributed by atoms with Crippen LogP contribution in [0.25, 0.3) is 11.2 Å². The van der Waals surface area contributed by atoms with E-state index in [0.29, 0.717) is 11.2 Å². The van der Waals surface area contributed by atoms with Gasteiger partial charge in [0.25, 0.3) is 5.56 Å². The molecule has 1 aliphatic rings. The van der Waals surface area contributed by atoms with Gasteiger partial charge in [-0.3, -0.25) is 9.36 Å². The number of benzene rings is 1. The van der Waals surface area contributed by atoms with Crippen molar-refractivity contribution in [2.24, 2.45) is 7.05 Å². The predicted octanol–water partition coefficient (Wildman–Crippen LogP) is 3.24. The van der Waals surface area contributed by atoms with Crippen LogP contribution in [0.1, 0.15) is 24.4 Å². The first-order valence-corrected chi connectivity index (χ1v) is 9.30. The lowest BCUT2D eigenvalue weighted by molar-refractivity contribution is 0.506. The third kappa shape index (κ3) is 2.45. The van der Waals surface area contributed by atoms with E-state index in [1.54, 1.807) is 11.8 Å². The lowest BCUT2D eigenvalue weighted by Crippen LogP contribution is -2.27. The molecule has 0 aliphatic carbocycles. The summed E-state index contributed by atoms with van der Waals surface area (Å²) in [6.07, 6.45) is 1.58. The van der Waals surface area contributed by atoms with E-state index in [9.17, 15) is 4.79 Å². The number of aryl methyl sites for hydroxylation is 2. The zero-order valence-corrected chi connectivity index (χ0v) is 15.1. The molecule has 124 valence electrons. The van der Waals surface area contributed by atoms with Crippen LogP contribution in [0.3, 0.4) is 0 Å². The first-order chi connectivity index (χ1) is 11.6. The van der Waals surface area contributed by atoms with E-state index >= 15 is 0 Å². The zero-order valence-electron chi connectivity index (χ0n) is 13.5. The fraction of sp³-hybridized carbons (Fsp3) is 0.353. The molecule has 3 aromatic rings. The van der Waals surface area contributed by atoms with Crippen LogP contribution in [0.2, 0.25) is 5.02 Å². The normalized spacial score (nSPS) is 16.7. The van der Waals surface area contributed by atoms with Crippen LogP contribution in [-0.4, -0.2) is 24.9 Å². The van der Waals surface area contributed by atoms with Crippen molar-refractivity contribution >= 4 is 34.5 Å². The summed E-state index contributed by atoms with van der Waals surface area (Å²) >= 11 is 7.58. The third-order valence-corrected chi connectivity index (χ3v) is 5.82. The van der Waals surface area contributed by atoms with Crippen LogP contribution < -0.4 is 5.56 Å². The minimum Gasteiger partial charge on any atom is -0.325 e. The van der Waals surface area contributed by atoms with E-state index in [1.807, 2.05) is 47.4 Å². The maximum Gasteiger partial charge on any atom is 0.280 e. The Morgan fingerprint density at radius 3 is 2.75 bits per heavy atom. The van der Waals surface area contributed by atoms with E-state index in [0.717, 1.165) is 34.6 Å². The Bertz CT molecular complexity index is 977. The highest BCUT2D eigenvalue weighted by Crippen LogP contribution is 2.33. The Labute approximate surface area is 148 Å². The van der Waals surface area contributed by atoms with Gasteiger partial charge in [0.05, 0.1) is 6.04 Å². The number of thioether (sulfide) groups is 1. The van der Waals surface area contributed by atoms with Gasteiger partial charge in [-0.1, -0.05) is 42.4 Å². The Kier molecular flexibility index (Phi) is 3.89. The van der Waals surface area contributed by atoms with E-state index < -0.39 is 0 Å². The standard InChI is InChI=1S/C17H17ClN4OS/c1-3-13-19-15-14(21(13)2)16(23)22-12(9-24-17(22)20-15)8-10-4-6-11(18)7-5-10/h4-7,12H,3,8-9H2,1-2H3. The van der Waals surface area contributed by atoms with Crippen LogP contribution in [0.5, 0.6) is 0 Å². The fourth-order valence-electron chi connectivity index (χ4n) is 3.22. The molecule has 4 rings (SSSR count). The molecule has 0 saturated heterocycles. The molecule has 0 bridgehead atoms. The van der Waals surface area contributed by atoms with Crippen molar-refractivity contribution in [3.05, 3.63) is 51.0 Å². The minimum absolute atomic E-state index is 0.00802. The summed E-state index contributed by atoms with van der Waals surface area (Å²) in [5.74, 6) is 1.74. The largest absolute Gasteiger partial charge is 0.325 e. The van der Waals surface area contributed by atoms with Crippen LogP contribution in [0.4, 0.5) is 0 Å². The summed E-state index contributed by atoms with van der Waals surface area (Å²) in [4.78, 5) is 22.2. The molecule has 0 radical (unpaired) electrons. The van der Waals surface area contributed by atoms with E-state index in [1.165, 1.54) is 5.56 Å². The van der Waals surface area contributed by atoms with Crippen molar-refractivity contribution in [3.63, 3.8) is 0 Å². The number of halogens is 1. The van der Waals surface area contributed by atoms with Crippen LogP contribution in [-0.2, 0) is 19.9 Å². The number of fused-ring (bicyclic) bond motifs is 2. The number of aromatic nitrogens is 4. The summed E-state index contributed by atoms with van der Waals surface area (Å²) < 4.78 is 3.71. The molecule has 5 nitrogen and oxygen atoms in total. The van der Waals surface area contributed by atoms with Gasteiger partial charge in [0, 0.05) is 24.2 Å². The highest BCUT2D eigenvalue weighted by molar-refractivity contribution is 7.99. The van der Waals surface area contributed by atoms with Crippen molar-refractivity contribution in [1.29, 1.82) is 0 Å². The van der Waals surface area contributed by atoms with Crippen LogP contribution >= 0.6 is 23.4 Å². The summed E-state index contributed by atoms with van der Waals surface area (Å²) in [6, 6.07) is 7.91. The van der Waals surface area contributed by atoms with Gasteiger partial charge >= 0.3 is 0 Å². The van der Waals surface area contributed by atoms with Crippen molar-refractivity contribution in [3.8, 4) is 0 Å². The second-order valence-corrected chi connectivity index (χ2v) is 7.40. The van der Waals surface area contributed by atoms with Crippen LogP contribution in [0.15, 0.2) is 34.2 Å². The van der Waals surface area contributed by atoms with Crippen molar-refractivity contribution in [2.45, 2.75) is 31.0 Å². The summed E-state index contributed by atoms with van der Waals surface area (Å²) in [7, 11) is 1.89. The quantitative estimate of drug-likeness (QED) is 0.673. The first-order valence-electron chi connectivity index (χ1n) is 7.93. The molecule has 1 atom stereocenters. The zero-order chi connectivity index (χ0) is 16.8. The lowest BCUT2D eigenvalue weighted by atomic mass is 10.1. The molecule has 24 heavy (non-hydrogen) atoms. The van der Waals surface area contributed by atoms with Crippen molar-refractivity contribution in [2.75, 3.05) is 5.75 Å². The Balaban J connectivity index is 1.79. The molecule has 0 N–H and O–H groups in total. The van der Waals surface area contributed by atoms with Gasteiger partial charge in [0.15, 0.2) is 16.3 Å². The summed E-state index contributed by atoms with van der Waals surface area (Å²) in [5.41, 5.74) is 2.34. The monoisotopic (exact) mass is 360 g/mol. The van der Waals surface area contributed by atoms with E-state index in [2.05, 4.69) is 9.97 Å². The van der Waals surface area contributed by atoms with Crippen LogP contribution in [0, 0.1) is 0 Å². The highest BCUT2D eigenvalue weighted by atomic mass is 35.5. The second kappa shape index (κ2) is 5.93. The third-order valence-electron chi connectivity index (χ3n) is 4.47. The first kappa shape index (κ1) is 15.7. The van der Waals surface area contributed by atoms with Gasteiger partial charge in [-0.2, -0.15) is 0 Å². The predicted molar refractivity (Wildman–Crippen MR) is 97.1 cm³/mol. The van der Waals surface area contributed by atoms with Gasteiger partial charge in [-0.25, -0.2) is 9.97 Å². The topological polar surface area (TPSA) is 52.7 Å². The number of rotatable bonds is 3. The number of nitrogens with zero attached hydrogens (tertiary/aromatic N) is 4. The number of hydrogen-bond donors (Lipinski definition) is 0. The van der Waals surface area contributed by atoms with Gasteiger partial charge < -0.3 is 4.57 Å². The fourth-order valence-corrected chi connectivity index (χ4v) is 4.48. The molecular weight excluding hydrogens is 344 g/mol. The summed E-state index contributed by atoms with van der Waals surface area (Å²) in [6.45, 7) is 2.03. The Hall–Kier alpha value is -1.79. The van der Waals surface area contributed by atoms with Crippen molar-refractivity contribution < 1.29 is 0 Å². The summed E-state index contributed by atoms with van der Waals surface area (Å²) in [5, 5.41) is 1.50. The highest BCUT2D eigenvalue weighted by Gasteiger charge is 2.28. The molecule has 1 aromatic carbocycles. The Morgan fingerprint density at radius 1 is 1.29 bits per heavy atom. The van der Waals surface area contributed by atoms with Gasteiger partial charge in [0.1, 0.15) is 5.82 Å². The molecule has 0 spiro atoms. The molecular formula is C17H17ClN4OS. The lowest BCUT2D eigenvalue weighted by Gasteiger charge is -2.13. The molecule has 3 heterocycles. The maximum absolute atomic E-state index is 13.1. The molecule has 1 aliphatic heterocycles. The molecule has 0 amide bonds. The number of hydrogen-bond acceptors (Lipinski definition) is 4. The SMILES string of the molecule is CCc1nc2nc3n(c(=O)c2n1C)C(Cc1ccc(Cl)cc1)CS3. The Morgan fingerprint density at radius 2 is 2.04 bits per heavy atom. The van der Waals surface area contributed by atoms with Gasteiger partial charge in [-0.05, 0) is 24.1 Å². The molecule has 0 fully saturated rings. The smallest absolute Gasteiger partial charge is 0.280 e.